The van der Waals surface area contributed by atoms with E-state index < -0.39 is 0 Å². The van der Waals surface area contributed by atoms with Crippen LogP contribution in [0.15, 0.2) is 146 Å². The number of nitrogen functional groups attached to an aromatic ring is 9. The molecule has 0 aliphatic rings. The summed E-state index contributed by atoms with van der Waals surface area (Å²) in [7, 11) is 23.0. The molecule has 43 N–H and O–H groups in total. The van der Waals surface area contributed by atoms with E-state index in [1.165, 1.54) is 103 Å². The first-order valence-corrected chi connectivity index (χ1v) is 42.8. The van der Waals surface area contributed by atoms with Gasteiger partial charge >= 0.3 is 0 Å². The Labute approximate surface area is 850 Å². The number of benzene rings is 8. The molecule has 150 heavy (non-hydrogen) atoms. The standard InChI is InChI=1S/C13H18N6O2.C12H16N6O2.2C11H14N6O2.3C10H12N6O2.C9H10N6O2/c1-18(2)12-15-11(16-13(17-12)19(3)4)14-8-5-6-9(20)10(21)7-8;1-13-10-15-11(17-12(16-10)18(2)3)14-7-4-5-8(19)9(20)6-7;1-17(2)11-15-9(12)14-10(16-11)13-6-3-4-7(18)8(19)5-6;1-13-10-14-9(12)15-11(16-10)17(2)6-3-4-7(18)8(19)5-6;1-16(5-2-3-6(17)7(18)4-5)10-14-8(11)13-9(12)15-10;1-12-9-14-8(11)15-10(16-9)13-5-2-3-6(17)7(18)4-5;11-8-14-9(12)16-10(15-8)13-4-5-1-2-6(17)7(18)3-5;10-7-13-8(11)15-9(14-7)12-4-1-2-5(16)6(17)3-4/h5-7,20-21H,1-4H3,(H,14,15,16,17);4-6,19-20H,1-3H3,(H2,13,14,15,16,17);2*3-5,18-19H,1-2H3,(H3,12,13,14,15,16);2-4,17-18H,1H3,(H4,11,12,13,14,15);2-4,17-18H,1H3,(H4,11,12,13,14,15,16);1-3,17-18H,4H2,(H5,11,12,13,14,15,16);1-3,16-17H,(H5,10,11,12,13,14,15). The number of anilines is 31. The van der Waals surface area contributed by atoms with Crippen LogP contribution in [-0.2, 0) is 6.54 Å². The monoisotopic (exact) mass is 2070 g/mol. The molecule has 16 rings (SSSR count). The second-order valence-corrected chi connectivity index (χ2v) is 30.7. The molecule has 0 amide bonds. The second-order valence-electron chi connectivity index (χ2n) is 30.7. The fourth-order valence-corrected chi connectivity index (χ4v) is 11.1. The Hall–Kier alpha value is -22.2. The number of nitrogens with two attached hydrogens (primary N) is 9. The number of nitrogens with zero attached hydrogens (tertiary/aromatic N) is 30. The molecule has 0 spiro atoms. The zero-order chi connectivity index (χ0) is 110. The van der Waals surface area contributed by atoms with E-state index in [-0.39, 0.29) is 175 Å². The molecule has 0 radical (unpaired) electrons. The summed E-state index contributed by atoms with van der Waals surface area (Å²) < 4.78 is 0. The van der Waals surface area contributed by atoms with E-state index in [1.807, 2.05) is 42.3 Å². The predicted molar refractivity (Wildman–Crippen MR) is 562 cm³/mol. The molecule has 0 bridgehead atoms. The Bertz CT molecular complexity index is 7220. The molecule has 0 saturated carbocycles. The minimum atomic E-state index is -0.259. The molecule has 0 fully saturated rings. The first-order valence-electron chi connectivity index (χ1n) is 42.8. The van der Waals surface area contributed by atoms with Crippen molar-refractivity contribution in [3.8, 4) is 92.0 Å². The molecule has 0 aliphatic carbocycles. The Morgan fingerprint density at radius 3 is 0.700 bits per heavy atom. The number of aromatic nitrogens is 24. The molecule has 64 nitrogen and oxygen atoms in total. The van der Waals surface area contributed by atoms with Gasteiger partial charge in [-0.3, -0.25) is 0 Å². The number of nitrogens with one attached hydrogen (secondary N) is 9. The quantitative estimate of drug-likeness (QED) is 0.0286. The third-order valence-electron chi connectivity index (χ3n) is 18.4. The zero-order valence-corrected chi connectivity index (χ0v) is 81.8. The van der Waals surface area contributed by atoms with Crippen LogP contribution < -0.4 is 129 Å². The molecule has 8 heterocycles. The van der Waals surface area contributed by atoms with Gasteiger partial charge in [0.25, 0.3) is 0 Å². The molecule has 64 heteroatoms. The van der Waals surface area contributed by atoms with Gasteiger partial charge in [0.15, 0.2) is 92.0 Å². The number of hydrogen-bond donors (Lipinski definition) is 34. The van der Waals surface area contributed by atoms with E-state index in [0.717, 1.165) is 5.56 Å². The average Bonchev–Trinajstić information content (AvgIpc) is 0.833. The van der Waals surface area contributed by atoms with E-state index in [4.69, 9.17) is 61.8 Å². The lowest BCUT2D eigenvalue weighted by molar-refractivity contribution is 0.403. The molecular formula is C86H108N48O16. The largest absolute Gasteiger partial charge is 0.504 e. The van der Waals surface area contributed by atoms with Crippen LogP contribution in [0.4, 0.5) is 183 Å². The summed E-state index contributed by atoms with van der Waals surface area (Å²) in [6, 6.07) is 34.6. The first kappa shape index (κ1) is 111. The van der Waals surface area contributed by atoms with Gasteiger partial charge in [0.05, 0.1) is 0 Å². The number of phenols is 16. The van der Waals surface area contributed by atoms with Gasteiger partial charge in [-0.05, 0) is 103 Å². The minimum Gasteiger partial charge on any atom is -0.504 e. The second kappa shape index (κ2) is 51.3. The van der Waals surface area contributed by atoms with Crippen LogP contribution >= 0.6 is 0 Å². The van der Waals surface area contributed by atoms with Gasteiger partial charge in [-0.2, -0.15) is 120 Å². The average molecular weight is 2070 g/mol. The smallest absolute Gasteiger partial charge is 0.236 e. The molecule has 0 saturated heterocycles. The Balaban J connectivity index is 0.000000190. The number of rotatable bonds is 24. The van der Waals surface area contributed by atoms with Crippen LogP contribution in [0.25, 0.3) is 0 Å². The van der Waals surface area contributed by atoms with Crippen molar-refractivity contribution in [1.82, 2.24) is 120 Å². The molecule has 16 aromatic rings. The fraction of sp³-hybridized carbons (Fsp3) is 0.163. The molecular weight excluding hydrogens is 1960 g/mol. The van der Waals surface area contributed by atoms with Gasteiger partial charge in [0.1, 0.15) is 0 Å². The highest BCUT2D eigenvalue weighted by atomic mass is 16.3. The molecule has 0 atom stereocenters. The van der Waals surface area contributed by atoms with Crippen LogP contribution in [0.2, 0.25) is 0 Å². The lowest BCUT2D eigenvalue weighted by Crippen LogP contribution is -2.19. The predicted octanol–water partition coefficient (Wildman–Crippen LogP) is 4.76. The van der Waals surface area contributed by atoms with Gasteiger partial charge in [0.2, 0.25) is 143 Å². The Morgan fingerprint density at radius 2 is 0.393 bits per heavy atom. The molecule has 8 aromatic carbocycles. The van der Waals surface area contributed by atoms with Gasteiger partial charge in [0, 0.05) is 180 Å². The Morgan fingerprint density at radius 1 is 0.193 bits per heavy atom. The third-order valence-corrected chi connectivity index (χ3v) is 18.4. The highest BCUT2D eigenvalue weighted by Gasteiger charge is 2.20. The van der Waals surface area contributed by atoms with Crippen molar-refractivity contribution in [1.29, 1.82) is 0 Å². The van der Waals surface area contributed by atoms with E-state index >= 15 is 0 Å². The molecule has 8 aromatic heterocycles. The van der Waals surface area contributed by atoms with Gasteiger partial charge in [-0.25, -0.2) is 0 Å². The van der Waals surface area contributed by atoms with Crippen molar-refractivity contribution < 1.29 is 81.7 Å². The van der Waals surface area contributed by atoms with E-state index in [0.29, 0.717) is 106 Å². The maximum absolute atomic E-state index is 9.50. The summed E-state index contributed by atoms with van der Waals surface area (Å²) in [4.78, 5) is 105. The van der Waals surface area contributed by atoms with Crippen molar-refractivity contribution in [2.45, 2.75) is 6.54 Å². The van der Waals surface area contributed by atoms with E-state index in [2.05, 4.69) is 167 Å². The molecule has 0 aliphatic heterocycles. The van der Waals surface area contributed by atoms with Crippen molar-refractivity contribution in [2.75, 3.05) is 220 Å². The Kier molecular flexibility index (Phi) is 38.1. The summed E-state index contributed by atoms with van der Waals surface area (Å²) in [5, 5.41) is 175. The van der Waals surface area contributed by atoms with Crippen molar-refractivity contribution in [2.24, 2.45) is 0 Å². The van der Waals surface area contributed by atoms with Gasteiger partial charge in [-0.15, -0.1) is 0 Å². The van der Waals surface area contributed by atoms with Gasteiger partial charge < -0.3 is 211 Å². The summed E-state index contributed by atoms with van der Waals surface area (Å²) >= 11 is 0. The fourth-order valence-electron chi connectivity index (χ4n) is 11.1. The van der Waals surface area contributed by atoms with Crippen LogP contribution in [0.3, 0.4) is 0 Å². The summed E-state index contributed by atoms with van der Waals surface area (Å²) in [6.07, 6.45) is 0. The van der Waals surface area contributed by atoms with E-state index in [9.17, 15) is 71.5 Å². The lowest BCUT2D eigenvalue weighted by atomic mass is 10.2. The SMILES string of the molecule is CN(C)c1nc(N)nc(Nc2ccc(O)c(O)c2)n1.CN(C)c1nc(Nc2ccc(O)c(O)c2)nc(N(C)C)n1.CN(c1ccc(O)c(O)c1)c1nc(N)nc(N)n1.CNc1nc(N)nc(N(C)c2ccc(O)c(O)c2)n1.CNc1nc(N)nc(Nc2ccc(O)c(O)c2)n1.CNc1nc(Nc2ccc(O)c(O)c2)nc(N(C)C)n1.Nc1nc(N)nc(NCc2ccc(O)c(O)c2)n1.Nc1nc(N)nc(Nc2ccc(O)c(O)c2)n1. The summed E-state index contributed by atoms with van der Waals surface area (Å²) in [5.41, 5.74) is 53.8. The van der Waals surface area contributed by atoms with Crippen LogP contribution in [0.1, 0.15) is 5.56 Å². The highest BCUT2D eigenvalue weighted by Crippen LogP contribution is 2.38. The minimum absolute atomic E-state index is 0.00681. The molecule has 788 valence electrons. The highest BCUT2D eigenvalue weighted by molar-refractivity contribution is 5.69. The molecule has 0 unspecified atom stereocenters. The van der Waals surface area contributed by atoms with Crippen LogP contribution in [-0.4, -0.2) is 293 Å². The number of aromatic hydroxyl groups is 16. The first-order chi connectivity index (χ1) is 70.9. The normalized spacial score (nSPS) is 10.2. The topological polar surface area (TPSA) is 995 Å². The maximum Gasteiger partial charge on any atom is 0.236 e. The van der Waals surface area contributed by atoms with Crippen molar-refractivity contribution >= 4 is 183 Å². The summed E-state index contributed by atoms with van der Waals surface area (Å²) in [5.74, 6) is 2.07. The van der Waals surface area contributed by atoms with E-state index in [1.54, 1.807) is 121 Å². The zero-order valence-electron chi connectivity index (χ0n) is 81.8. The van der Waals surface area contributed by atoms with Crippen LogP contribution in [0.5, 0.6) is 92.0 Å². The maximum atomic E-state index is 9.50. The van der Waals surface area contributed by atoms with Crippen LogP contribution in [0, 0.1) is 0 Å². The number of hydrogen-bond acceptors (Lipinski definition) is 64. The third kappa shape index (κ3) is 33.8. The number of phenolic OH excluding ortho intramolecular Hbond substituents is 16. The van der Waals surface area contributed by atoms with Crippen molar-refractivity contribution in [3.05, 3.63) is 151 Å². The van der Waals surface area contributed by atoms with Gasteiger partial charge in [-0.1, -0.05) is 6.07 Å². The summed E-state index contributed by atoms with van der Waals surface area (Å²) in [6.45, 7) is 0.344. The lowest BCUT2D eigenvalue weighted by Gasteiger charge is -2.18. The van der Waals surface area contributed by atoms with Crippen molar-refractivity contribution in [3.63, 3.8) is 0 Å².